The average molecular weight is 270 g/mol. The molecule has 0 aromatic carbocycles. The van der Waals surface area contributed by atoms with E-state index in [1.807, 2.05) is 0 Å². The zero-order valence-corrected chi connectivity index (χ0v) is 12.7. The number of nitrogens with two attached hydrogens (primary N) is 1. The first-order valence-corrected chi connectivity index (χ1v) is 7.63. The monoisotopic (exact) mass is 270 g/mol. The van der Waals surface area contributed by atoms with E-state index in [0.29, 0.717) is 12.6 Å². The summed E-state index contributed by atoms with van der Waals surface area (Å²) in [7, 11) is 5.58. The first-order chi connectivity index (χ1) is 9.17. The summed E-state index contributed by atoms with van der Waals surface area (Å²) < 4.78 is 10.6. The van der Waals surface area contributed by atoms with Crippen LogP contribution in [0.25, 0.3) is 0 Å². The highest BCUT2D eigenvalue weighted by Crippen LogP contribution is 2.48. The Bertz CT molecular complexity index is 271. The smallest absolute Gasteiger partial charge is 0.158 e. The molecule has 2 saturated carbocycles. The lowest BCUT2D eigenvalue weighted by Crippen LogP contribution is -2.43. The maximum Gasteiger partial charge on any atom is 0.158 e. The standard InChI is InChI=1S/C15H30N2O2/c1-17(14(9-16)8-15(18-2)19-3)10-13-7-11-4-5-12(13)6-11/h11-15H,4-10,16H2,1-3H3. The zero-order chi connectivity index (χ0) is 13.8. The first kappa shape index (κ1) is 15.2. The second-order valence-corrected chi connectivity index (χ2v) is 6.40. The molecule has 2 bridgehead atoms. The third-order valence-corrected chi connectivity index (χ3v) is 5.29. The summed E-state index contributed by atoms with van der Waals surface area (Å²) in [6.07, 6.45) is 6.54. The third-order valence-electron chi connectivity index (χ3n) is 5.29. The van der Waals surface area contributed by atoms with Gasteiger partial charge in [0.2, 0.25) is 0 Å². The molecule has 4 unspecified atom stereocenters. The van der Waals surface area contributed by atoms with Crippen LogP contribution in [0.5, 0.6) is 0 Å². The molecule has 4 heteroatoms. The molecule has 0 radical (unpaired) electrons. The summed E-state index contributed by atoms with van der Waals surface area (Å²) in [5, 5.41) is 0. The van der Waals surface area contributed by atoms with Gasteiger partial charge in [-0.1, -0.05) is 6.42 Å². The van der Waals surface area contributed by atoms with Crippen LogP contribution in [0, 0.1) is 17.8 Å². The molecule has 2 N–H and O–H groups in total. The number of ether oxygens (including phenoxy) is 2. The molecule has 2 aliphatic rings. The third kappa shape index (κ3) is 3.69. The van der Waals surface area contributed by atoms with Gasteiger partial charge in [-0.15, -0.1) is 0 Å². The normalized spacial score (nSPS) is 31.6. The lowest BCUT2D eigenvalue weighted by molar-refractivity contribution is -0.116. The second-order valence-electron chi connectivity index (χ2n) is 6.40. The molecule has 0 amide bonds. The van der Waals surface area contributed by atoms with Gasteiger partial charge in [-0.2, -0.15) is 0 Å². The highest BCUT2D eigenvalue weighted by molar-refractivity contribution is 4.91. The van der Waals surface area contributed by atoms with Crippen molar-refractivity contribution in [3.8, 4) is 0 Å². The van der Waals surface area contributed by atoms with E-state index in [9.17, 15) is 0 Å². The van der Waals surface area contributed by atoms with Crippen molar-refractivity contribution in [1.29, 1.82) is 0 Å². The van der Waals surface area contributed by atoms with Crippen molar-refractivity contribution in [2.75, 3.05) is 34.4 Å². The number of nitrogens with zero attached hydrogens (tertiary/aromatic N) is 1. The van der Waals surface area contributed by atoms with Crippen LogP contribution in [0.4, 0.5) is 0 Å². The molecule has 0 spiro atoms. The highest BCUT2D eigenvalue weighted by Gasteiger charge is 2.40. The molecule has 0 aromatic rings. The topological polar surface area (TPSA) is 47.7 Å². The maximum absolute atomic E-state index is 5.93. The lowest BCUT2D eigenvalue weighted by atomic mass is 9.88. The van der Waals surface area contributed by atoms with E-state index >= 15 is 0 Å². The molecular formula is C15H30N2O2. The van der Waals surface area contributed by atoms with Crippen molar-refractivity contribution >= 4 is 0 Å². The molecule has 2 rings (SSSR count). The molecule has 112 valence electrons. The van der Waals surface area contributed by atoms with E-state index in [1.165, 1.54) is 32.2 Å². The molecule has 2 aliphatic carbocycles. The fourth-order valence-electron chi connectivity index (χ4n) is 4.09. The summed E-state index contributed by atoms with van der Waals surface area (Å²) in [6, 6.07) is 0.351. The van der Waals surface area contributed by atoms with E-state index in [1.54, 1.807) is 14.2 Å². The number of likely N-dealkylation sites (N-methyl/N-ethyl adjacent to an activating group) is 1. The van der Waals surface area contributed by atoms with Crippen LogP contribution < -0.4 is 5.73 Å². The Morgan fingerprint density at radius 2 is 1.95 bits per heavy atom. The lowest BCUT2D eigenvalue weighted by Gasteiger charge is -2.33. The molecule has 4 nitrogen and oxygen atoms in total. The molecule has 0 aliphatic heterocycles. The highest BCUT2D eigenvalue weighted by atomic mass is 16.7. The Morgan fingerprint density at radius 1 is 1.21 bits per heavy atom. The van der Waals surface area contributed by atoms with E-state index in [4.69, 9.17) is 15.2 Å². The molecule has 0 aromatic heterocycles. The molecular weight excluding hydrogens is 240 g/mol. The Balaban J connectivity index is 1.81. The minimum Gasteiger partial charge on any atom is -0.356 e. The first-order valence-electron chi connectivity index (χ1n) is 7.63. The van der Waals surface area contributed by atoms with Gasteiger partial charge in [0.15, 0.2) is 6.29 Å². The van der Waals surface area contributed by atoms with Crippen molar-refractivity contribution in [3.63, 3.8) is 0 Å². The van der Waals surface area contributed by atoms with Crippen LogP contribution in [0.1, 0.15) is 32.1 Å². The van der Waals surface area contributed by atoms with Gasteiger partial charge in [0, 0.05) is 39.8 Å². The largest absolute Gasteiger partial charge is 0.356 e. The van der Waals surface area contributed by atoms with Crippen molar-refractivity contribution < 1.29 is 9.47 Å². The number of methoxy groups -OCH3 is 2. The van der Waals surface area contributed by atoms with E-state index < -0.39 is 0 Å². The Morgan fingerprint density at radius 3 is 2.42 bits per heavy atom. The van der Waals surface area contributed by atoms with Crippen molar-refractivity contribution in [1.82, 2.24) is 4.90 Å². The SMILES string of the molecule is COC(CC(CN)N(C)CC1CC2CCC1C2)OC. The Labute approximate surface area is 117 Å². The maximum atomic E-state index is 5.93. The number of hydrogen-bond acceptors (Lipinski definition) is 4. The summed E-state index contributed by atoms with van der Waals surface area (Å²) >= 11 is 0. The minimum absolute atomic E-state index is 0.143. The fourth-order valence-corrected chi connectivity index (χ4v) is 4.09. The molecule has 4 atom stereocenters. The summed E-state index contributed by atoms with van der Waals surface area (Å²) in [4.78, 5) is 2.43. The summed E-state index contributed by atoms with van der Waals surface area (Å²) in [5.41, 5.74) is 5.93. The van der Waals surface area contributed by atoms with Crippen LogP contribution in [-0.2, 0) is 9.47 Å². The second kappa shape index (κ2) is 7.02. The van der Waals surface area contributed by atoms with E-state index in [0.717, 1.165) is 24.2 Å². The summed E-state index contributed by atoms with van der Waals surface area (Å²) in [6.45, 7) is 1.85. The number of hydrogen-bond donors (Lipinski definition) is 1. The van der Waals surface area contributed by atoms with Gasteiger partial charge >= 0.3 is 0 Å². The van der Waals surface area contributed by atoms with Gasteiger partial charge in [0.05, 0.1) is 0 Å². The average Bonchev–Trinajstić information content (AvgIpc) is 3.02. The predicted molar refractivity (Wildman–Crippen MR) is 76.8 cm³/mol. The van der Waals surface area contributed by atoms with Crippen molar-refractivity contribution in [2.45, 2.75) is 44.4 Å². The van der Waals surface area contributed by atoms with E-state index in [-0.39, 0.29) is 6.29 Å². The Kier molecular flexibility index (Phi) is 5.63. The van der Waals surface area contributed by atoms with Crippen LogP contribution in [0.3, 0.4) is 0 Å². The van der Waals surface area contributed by atoms with Crippen LogP contribution in [0.2, 0.25) is 0 Å². The molecule has 2 fully saturated rings. The van der Waals surface area contributed by atoms with Crippen molar-refractivity contribution in [3.05, 3.63) is 0 Å². The summed E-state index contributed by atoms with van der Waals surface area (Å²) in [5.74, 6) is 2.89. The number of fused-ring (bicyclic) bond motifs is 2. The quantitative estimate of drug-likeness (QED) is 0.682. The minimum atomic E-state index is -0.143. The van der Waals surface area contributed by atoms with Gasteiger partial charge in [0.25, 0.3) is 0 Å². The van der Waals surface area contributed by atoms with Crippen LogP contribution in [-0.4, -0.2) is 51.6 Å². The molecule has 0 saturated heterocycles. The van der Waals surface area contributed by atoms with Crippen LogP contribution in [0.15, 0.2) is 0 Å². The van der Waals surface area contributed by atoms with Gasteiger partial charge in [-0.25, -0.2) is 0 Å². The predicted octanol–water partition coefficient (Wildman–Crippen LogP) is 1.69. The zero-order valence-electron chi connectivity index (χ0n) is 12.7. The van der Waals surface area contributed by atoms with Gasteiger partial charge < -0.3 is 20.1 Å². The molecule has 19 heavy (non-hydrogen) atoms. The van der Waals surface area contributed by atoms with Gasteiger partial charge in [0.1, 0.15) is 0 Å². The number of rotatable bonds is 8. The van der Waals surface area contributed by atoms with Crippen molar-refractivity contribution in [2.24, 2.45) is 23.5 Å². The molecule has 0 heterocycles. The van der Waals surface area contributed by atoms with Crippen LogP contribution >= 0.6 is 0 Å². The Hall–Kier alpha value is -0.160. The van der Waals surface area contributed by atoms with Gasteiger partial charge in [-0.05, 0) is 44.1 Å². The fraction of sp³-hybridized carbons (Fsp3) is 1.00. The van der Waals surface area contributed by atoms with E-state index in [2.05, 4.69) is 11.9 Å². The van der Waals surface area contributed by atoms with Gasteiger partial charge in [-0.3, -0.25) is 0 Å².